The summed E-state index contributed by atoms with van der Waals surface area (Å²) in [7, 11) is -1.23. The van der Waals surface area contributed by atoms with Gasteiger partial charge in [0.2, 0.25) is 0 Å². The Hall–Kier alpha value is -3.04. The largest absolute Gasteiger partial charge is 0.497 e. The van der Waals surface area contributed by atoms with Crippen molar-refractivity contribution in [2.45, 2.75) is 11.4 Å². The van der Waals surface area contributed by atoms with Gasteiger partial charge in [-0.15, -0.1) is 0 Å². The second-order valence-electron chi connectivity index (χ2n) is 6.80. The fraction of sp³-hybridized carbons (Fsp3) is 0.136. The number of urea groups is 1. The maximum atomic E-state index is 13.6. The lowest BCUT2D eigenvalue weighted by molar-refractivity contribution is 0.253. The van der Waals surface area contributed by atoms with E-state index in [0.717, 1.165) is 14.3 Å². The number of methoxy groups -OCH3 is 2. The van der Waals surface area contributed by atoms with Gasteiger partial charge in [0.25, 0.3) is 10.0 Å². The normalized spacial score (nSPS) is 14.9. The van der Waals surface area contributed by atoms with E-state index in [1.54, 1.807) is 24.3 Å². The summed E-state index contributed by atoms with van der Waals surface area (Å²) in [6.07, 6.45) is 0. The van der Waals surface area contributed by atoms with Crippen LogP contribution in [-0.2, 0) is 16.6 Å². The Kier molecular flexibility index (Phi) is 5.63. The highest BCUT2D eigenvalue weighted by Crippen LogP contribution is 2.40. The minimum atomic E-state index is -4.14. The summed E-state index contributed by atoms with van der Waals surface area (Å²) in [6, 6.07) is 17.9. The van der Waals surface area contributed by atoms with Crippen LogP contribution in [0.1, 0.15) is 5.56 Å². The highest BCUT2D eigenvalue weighted by molar-refractivity contribution is 9.10. The Bertz CT molecular complexity index is 1220. The van der Waals surface area contributed by atoms with E-state index in [4.69, 9.17) is 9.47 Å². The van der Waals surface area contributed by atoms with Crippen LogP contribution in [0.5, 0.6) is 11.5 Å². The van der Waals surface area contributed by atoms with Gasteiger partial charge in [-0.1, -0.05) is 40.2 Å². The minimum Gasteiger partial charge on any atom is -0.497 e. The molecule has 0 aliphatic carbocycles. The maximum Gasteiger partial charge on any atom is 0.343 e. The number of hydrogen-bond donors (Lipinski definition) is 0. The van der Waals surface area contributed by atoms with Crippen LogP contribution >= 0.6 is 15.9 Å². The van der Waals surface area contributed by atoms with Gasteiger partial charge in [-0.2, -0.15) is 4.31 Å². The number of hydrogen-bond acceptors (Lipinski definition) is 5. The molecule has 0 bridgehead atoms. The molecule has 9 heteroatoms. The van der Waals surface area contributed by atoms with E-state index >= 15 is 0 Å². The van der Waals surface area contributed by atoms with Crippen molar-refractivity contribution >= 4 is 43.4 Å². The zero-order valence-electron chi connectivity index (χ0n) is 16.8. The molecule has 2 amide bonds. The molecule has 0 aromatic heterocycles. The van der Waals surface area contributed by atoms with Crippen molar-refractivity contribution in [2.75, 3.05) is 23.4 Å². The summed E-state index contributed by atoms with van der Waals surface area (Å²) in [5.74, 6) is 0.742. The number of fused-ring (bicyclic) bond motifs is 1. The van der Waals surface area contributed by atoms with Gasteiger partial charge in [0.1, 0.15) is 16.4 Å². The Morgan fingerprint density at radius 3 is 2.13 bits per heavy atom. The van der Waals surface area contributed by atoms with Gasteiger partial charge in [-0.05, 0) is 29.8 Å². The summed E-state index contributed by atoms with van der Waals surface area (Å²) in [5, 5.41) is 0. The average Bonchev–Trinajstić information content (AvgIpc) is 2.77. The zero-order valence-corrected chi connectivity index (χ0v) is 19.2. The highest BCUT2D eigenvalue weighted by atomic mass is 79.9. The molecular formula is C22H19BrN2O5S. The van der Waals surface area contributed by atoms with Gasteiger partial charge in [0, 0.05) is 22.7 Å². The molecule has 0 fully saturated rings. The first-order chi connectivity index (χ1) is 14.8. The average molecular weight is 503 g/mol. The maximum absolute atomic E-state index is 13.6. The van der Waals surface area contributed by atoms with Gasteiger partial charge in [0.05, 0.1) is 32.1 Å². The molecular weight excluding hydrogens is 484 g/mol. The van der Waals surface area contributed by atoms with Gasteiger partial charge in [0.15, 0.2) is 0 Å². The summed E-state index contributed by atoms with van der Waals surface area (Å²) < 4.78 is 39.1. The predicted octanol–water partition coefficient (Wildman–Crippen LogP) is 4.80. The number of benzene rings is 3. The molecule has 1 aliphatic heterocycles. The molecule has 0 saturated carbocycles. The fourth-order valence-corrected chi connectivity index (χ4v) is 5.24. The first-order valence-corrected chi connectivity index (χ1v) is 11.5. The van der Waals surface area contributed by atoms with Gasteiger partial charge in [-0.3, -0.25) is 4.90 Å². The Morgan fingerprint density at radius 1 is 0.903 bits per heavy atom. The first kappa shape index (κ1) is 21.2. The van der Waals surface area contributed by atoms with Crippen molar-refractivity contribution in [2.24, 2.45) is 0 Å². The van der Waals surface area contributed by atoms with E-state index in [1.807, 2.05) is 24.3 Å². The fourth-order valence-electron chi connectivity index (χ4n) is 3.40. The van der Waals surface area contributed by atoms with Crippen LogP contribution in [0, 0.1) is 0 Å². The molecule has 0 radical (unpaired) electrons. The molecule has 0 N–H and O–H groups in total. The van der Waals surface area contributed by atoms with Crippen molar-refractivity contribution in [1.82, 2.24) is 0 Å². The molecule has 0 saturated heterocycles. The van der Waals surface area contributed by atoms with Crippen LogP contribution in [0.4, 0.5) is 16.2 Å². The number of sulfonamides is 1. The SMILES string of the molecule is COc1cc(OC)cc(N2C(=O)N(Cc3ccc(Br)cc3)c3ccccc3S2(=O)=O)c1. The van der Waals surface area contributed by atoms with E-state index < -0.39 is 16.1 Å². The lowest BCUT2D eigenvalue weighted by Crippen LogP contribution is -2.50. The number of ether oxygens (including phenoxy) is 2. The molecule has 160 valence electrons. The van der Waals surface area contributed by atoms with Gasteiger partial charge in [-0.25, -0.2) is 13.2 Å². The van der Waals surface area contributed by atoms with Gasteiger partial charge < -0.3 is 9.47 Å². The third kappa shape index (κ3) is 3.86. The van der Waals surface area contributed by atoms with Crippen molar-refractivity contribution in [3.05, 3.63) is 76.8 Å². The molecule has 1 aliphatic rings. The third-order valence-electron chi connectivity index (χ3n) is 4.90. The van der Waals surface area contributed by atoms with Crippen LogP contribution in [0.25, 0.3) is 0 Å². The first-order valence-electron chi connectivity index (χ1n) is 9.28. The van der Waals surface area contributed by atoms with Gasteiger partial charge >= 0.3 is 6.03 Å². The van der Waals surface area contributed by atoms with Crippen LogP contribution < -0.4 is 18.7 Å². The van der Waals surface area contributed by atoms with Crippen LogP contribution in [-0.4, -0.2) is 28.7 Å². The molecule has 1 heterocycles. The van der Waals surface area contributed by atoms with E-state index in [2.05, 4.69) is 15.9 Å². The highest BCUT2D eigenvalue weighted by Gasteiger charge is 2.42. The molecule has 31 heavy (non-hydrogen) atoms. The predicted molar refractivity (Wildman–Crippen MR) is 121 cm³/mol. The lowest BCUT2D eigenvalue weighted by atomic mass is 10.2. The van der Waals surface area contributed by atoms with Crippen LogP contribution in [0.3, 0.4) is 0 Å². The number of amides is 2. The Balaban J connectivity index is 1.87. The molecule has 0 atom stereocenters. The standard InChI is InChI=1S/C22H19BrN2O5S/c1-29-18-11-17(12-19(13-18)30-2)25-22(26)24(14-15-7-9-16(23)10-8-15)20-5-3-4-6-21(20)31(25,27)28/h3-13H,14H2,1-2H3. The monoisotopic (exact) mass is 502 g/mol. The minimum absolute atomic E-state index is 0.0495. The number of halogens is 1. The Morgan fingerprint density at radius 2 is 1.52 bits per heavy atom. The van der Waals surface area contributed by atoms with E-state index in [-0.39, 0.29) is 17.1 Å². The molecule has 3 aromatic rings. The second-order valence-corrected chi connectivity index (χ2v) is 9.47. The molecule has 0 unspecified atom stereocenters. The number of carbonyl (C=O) groups excluding carboxylic acids is 1. The molecule has 4 rings (SSSR count). The van der Waals surface area contributed by atoms with Crippen LogP contribution in [0.2, 0.25) is 0 Å². The number of anilines is 2. The summed E-state index contributed by atoms with van der Waals surface area (Å²) >= 11 is 3.40. The number of carbonyl (C=O) groups is 1. The lowest BCUT2D eigenvalue weighted by Gasteiger charge is -2.36. The van der Waals surface area contributed by atoms with Crippen molar-refractivity contribution in [1.29, 1.82) is 0 Å². The topological polar surface area (TPSA) is 76.2 Å². The van der Waals surface area contributed by atoms with E-state index in [9.17, 15) is 13.2 Å². The van der Waals surface area contributed by atoms with E-state index in [1.165, 1.54) is 37.3 Å². The quantitative estimate of drug-likeness (QED) is 0.500. The number of para-hydroxylation sites is 1. The molecule has 7 nitrogen and oxygen atoms in total. The third-order valence-corrected chi connectivity index (χ3v) is 7.18. The van der Waals surface area contributed by atoms with Crippen molar-refractivity contribution in [3.63, 3.8) is 0 Å². The second kappa shape index (κ2) is 8.24. The summed E-state index contributed by atoms with van der Waals surface area (Å²) in [4.78, 5) is 15.1. The summed E-state index contributed by atoms with van der Waals surface area (Å²) in [5.41, 5.74) is 1.33. The zero-order chi connectivity index (χ0) is 22.2. The van der Waals surface area contributed by atoms with Crippen molar-refractivity contribution in [3.8, 4) is 11.5 Å². The van der Waals surface area contributed by atoms with Crippen LogP contribution in [0.15, 0.2) is 76.1 Å². The smallest absolute Gasteiger partial charge is 0.343 e. The van der Waals surface area contributed by atoms with Crippen molar-refractivity contribution < 1.29 is 22.7 Å². The Labute approximate surface area is 189 Å². The number of rotatable bonds is 5. The number of nitrogens with zero attached hydrogens (tertiary/aromatic N) is 2. The summed E-state index contributed by atoms with van der Waals surface area (Å²) in [6.45, 7) is 0.205. The van der Waals surface area contributed by atoms with E-state index in [0.29, 0.717) is 17.2 Å². The molecule has 0 spiro atoms. The molecule has 3 aromatic carbocycles.